The average Bonchev–Trinajstić information content (AvgIpc) is 3.09. The molecule has 0 amide bonds. The van der Waals surface area contributed by atoms with Crippen molar-refractivity contribution < 1.29 is 13.2 Å². The van der Waals surface area contributed by atoms with E-state index in [0.29, 0.717) is 10.8 Å². The molecule has 142 valence electrons. The first-order valence-corrected chi connectivity index (χ1v) is 10.6. The Kier molecular flexibility index (Phi) is 5.21. The molecule has 3 aromatic rings. The lowest BCUT2D eigenvalue weighted by molar-refractivity contribution is 0.414. The molecule has 0 aliphatic heterocycles. The van der Waals surface area contributed by atoms with Crippen LogP contribution in [-0.4, -0.2) is 25.7 Å². The van der Waals surface area contributed by atoms with Crippen LogP contribution in [0.4, 0.5) is 5.13 Å². The van der Waals surface area contributed by atoms with Crippen LogP contribution in [0.2, 0.25) is 0 Å². The fraction of sp³-hybridized carbons (Fsp3) is 0.263. The van der Waals surface area contributed by atoms with Crippen molar-refractivity contribution in [2.24, 2.45) is 0 Å². The van der Waals surface area contributed by atoms with Gasteiger partial charge in [-0.15, -0.1) is 10.2 Å². The quantitative estimate of drug-likeness (QED) is 0.686. The first kappa shape index (κ1) is 19.3. The smallest absolute Gasteiger partial charge is 0.263 e. The van der Waals surface area contributed by atoms with Crippen molar-refractivity contribution in [2.45, 2.75) is 31.1 Å². The normalized spacial score (nSPS) is 12.0. The number of hydrogen-bond donors (Lipinski definition) is 1. The lowest BCUT2D eigenvalue weighted by Crippen LogP contribution is -2.12. The molecule has 1 N–H and O–H groups in total. The molecular weight excluding hydrogens is 382 g/mol. The summed E-state index contributed by atoms with van der Waals surface area (Å²) in [5, 5.41) is 8.95. The van der Waals surface area contributed by atoms with Gasteiger partial charge in [-0.25, -0.2) is 8.42 Å². The predicted molar refractivity (Wildman–Crippen MR) is 108 cm³/mol. The third-order valence-electron chi connectivity index (χ3n) is 4.01. The van der Waals surface area contributed by atoms with E-state index in [0.717, 1.165) is 5.56 Å². The molecule has 0 spiro atoms. The minimum atomic E-state index is -3.73. The summed E-state index contributed by atoms with van der Waals surface area (Å²) in [5.41, 5.74) is 2.19. The van der Waals surface area contributed by atoms with Gasteiger partial charge in [0, 0.05) is 5.56 Å². The zero-order valence-electron chi connectivity index (χ0n) is 15.6. The Balaban J connectivity index is 1.79. The molecule has 3 rings (SSSR count). The molecule has 1 aromatic heterocycles. The van der Waals surface area contributed by atoms with Crippen molar-refractivity contribution in [2.75, 3.05) is 11.8 Å². The van der Waals surface area contributed by atoms with Gasteiger partial charge in [0.25, 0.3) is 10.0 Å². The van der Waals surface area contributed by atoms with E-state index in [2.05, 4.69) is 47.8 Å². The molecule has 2 aromatic carbocycles. The van der Waals surface area contributed by atoms with E-state index in [4.69, 9.17) is 4.74 Å². The summed E-state index contributed by atoms with van der Waals surface area (Å²) in [6.45, 7) is 6.46. The Morgan fingerprint density at radius 3 is 2.15 bits per heavy atom. The zero-order chi connectivity index (χ0) is 19.7. The van der Waals surface area contributed by atoms with Gasteiger partial charge in [-0.2, -0.15) is 0 Å². The van der Waals surface area contributed by atoms with E-state index >= 15 is 0 Å². The zero-order valence-corrected chi connectivity index (χ0v) is 17.2. The minimum absolute atomic E-state index is 0.0683. The molecule has 0 aliphatic rings. The van der Waals surface area contributed by atoms with Crippen molar-refractivity contribution in [1.82, 2.24) is 10.2 Å². The molecule has 0 saturated carbocycles. The summed E-state index contributed by atoms with van der Waals surface area (Å²) < 4.78 is 32.5. The largest absolute Gasteiger partial charge is 0.497 e. The third kappa shape index (κ3) is 4.45. The molecule has 0 unspecified atom stereocenters. The van der Waals surface area contributed by atoms with E-state index in [1.807, 2.05) is 12.1 Å². The van der Waals surface area contributed by atoms with E-state index in [-0.39, 0.29) is 15.4 Å². The van der Waals surface area contributed by atoms with Gasteiger partial charge >= 0.3 is 0 Å². The number of nitrogens with zero attached hydrogens (tertiary/aromatic N) is 2. The highest BCUT2D eigenvalue weighted by Gasteiger charge is 2.18. The van der Waals surface area contributed by atoms with Crippen LogP contribution in [0.3, 0.4) is 0 Å². The van der Waals surface area contributed by atoms with Crippen LogP contribution < -0.4 is 9.46 Å². The highest BCUT2D eigenvalue weighted by atomic mass is 32.2. The number of anilines is 1. The van der Waals surface area contributed by atoms with Gasteiger partial charge in [0.1, 0.15) is 10.8 Å². The Morgan fingerprint density at radius 1 is 0.963 bits per heavy atom. The Hall–Kier alpha value is -2.45. The second-order valence-corrected chi connectivity index (χ2v) is 9.68. The topological polar surface area (TPSA) is 81.2 Å². The number of nitrogens with one attached hydrogen (secondary N) is 1. The third-order valence-corrected chi connectivity index (χ3v) is 6.39. The summed E-state index contributed by atoms with van der Waals surface area (Å²) in [6.07, 6.45) is 0. The van der Waals surface area contributed by atoms with Crippen LogP contribution >= 0.6 is 11.3 Å². The first-order valence-electron chi connectivity index (χ1n) is 8.30. The number of rotatable bonds is 5. The van der Waals surface area contributed by atoms with Crippen LogP contribution in [0.25, 0.3) is 10.6 Å². The van der Waals surface area contributed by atoms with Crippen molar-refractivity contribution in [1.29, 1.82) is 0 Å². The molecule has 1 heterocycles. The van der Waals surface area contributed by atoms with Crippen molar-refractivity contribution in [3.8, 4) is 16.3 Å². The van der Waals surface area contributed by atoms with Crippen molar-refractivity contribution in [3.05, 3.63) is 54.1 Å². The summed E-state index contributed by atoms with van der Waals surface area (Å²) in [7, 11) is -2.20. The van der Waals surface area contributed by atoms with Gasteiger partial charge < -0.3 is 4.74 Å². The standard InChI is InChI=1S/C19H21N3O3S2/c1-19(2,3)14-7-5-13(6-8-14)17-20-21-18(26-17)22-27(23,24)16-11-9-15(25-4)10-12-16/h5-12H,1-4H3,(H,21,22). The summed E-state index contributed by atoms with van der Waals surface area (Å²) in [5.74, 6) is 0.589. The van der Waals surface area contributed by atoms with Crippen molar-refractivity contribution >= 4 is 26.5 Å². The fourth-order valence-corrected chi connectivity index (χ4v) is 4.40. The molecule has 0 bridgehead atoms. The van der Waals surface area contributed by atoms with Gasteiger partial charge in [0.05, 0.1) is 12.0 Å². The fourth-order valence-electron chi connectivity index (χ4n) is 2.42. The molecule has 8 heteroatoms. The number of hydrogen-bond acceptors (Lipinski definition) is 6. The molecule has 27 heavy (non-hydrogen) atoms. The number of benzene rings is 2. The Labute approximate surface area is 163 Å². The summed E-state index contributed by atoms with van der Waals surface area (Å²) >= 11 is 1.19. The van der Waals surface area contributed by atoms with Gasteiger partial charge in [-0.1, -0.05) is 56.4 Å². The maximum atomic E-state index is 12.5. The molecule has 0 saturated heterocycles. The van der Waals surface area contributed by atoms with Crippen LogP contribution in [0, 0.1) is 0 Å². The monoisotopic (exact) mass is 403 g/mol. The minimum Gasteiger partial charge on any atom is -0.497 e. The van der Waals surface area contributed by atoms with Crippen LogP contribution in [-0.2, 0) is 15.4 Å². The molecule has 0 fully saturated rings. The SMILES string of the molecule is COc1ccc(S(=O)(=O)Nc2nnc(-c3ccc(C(C)(C)C)cc3)s2)cc1. The van der Waals surface area contributed by atoms with Gasteiger partial charge in [-0.3, -0.25) is 4.72 Å². The van der Waals surface area contributed by atoms with E-state index < -0.39 is 10.0 Å². The lowest BCUT2D eigenvalue weighted by atomic mass is 9.87. The van der Waals surface area contributed by atoms with Gasteiger partial charge in [-0.05, 0) is 35.2 Å². The number of ether oxygens (including phenoxy) is 1. The second-order valence-electron chi connectivity index (χ2n) is 7.02. The highest BCUT2D eigenvalue weighted by molar-refractivity contribution is 7.93. The molecule has 0 atom stereocenters. The number of methoxy groups -OCH3 is 1. The maximum absolute atomic E-state index is 12.5. The van der Waals surface area contributed by atoms with Gasteiger partial charge in [0.15, 0.2) is 0 Å². The van der Waals surface area contributed by atoms with Crippen LogP contribution in [0.15, 0.2) is 53.4 Å². The lowest BCUT2D eigenvalue weighted by Gasteiger charge is -2.18. The van der Waals surface area contributed by atoms with E-state index in [1.165, 1.54) is 36.1 Å². The molecular formula is C19H21N3O3S2. The molecule has 0 aliphatic carbocycles. The number of sulfonamides is 1. The van der Waals surface area contributed by atoms with E-state index in [9.17, 15) is 8.42 Å². The van der Waals surface area contributed by atoms with Crippen LogP contribution in [0.5, 0.6) is 5.75 Å². The van der Waals surface area contributed by atoms with Gasteiger partial charge in [0.2, 0.25) is 5.13 Å². The van der Waals surface area contributed by atoms with E-state index in [1.54, 1.807) is 12.1 Å². The Bertz CT molecular complexity index is 1020. The average molecular weight is 404 g/mol. The summed E-state index contributed by atoms with van der Waals surface area (Å²) in [6, 6.07) is 14.2. The first-order chi connectivity index (χ1) is 12.7. The summed E-state index contributed by atoms with van der Waals surface area (Å²) in [4.78, 5) is 0.134. The molecule has 6 nitrogen and oxygen atoms in total. The second kappa shape index (κ2) is 7.28. The predicted octanol–water partition coefficient (Wildman–Crippen LogP) is 4.31. The van der Waals surface area contributed by atoms with Crippen LogP contribution in [0.1, 0.15) is 26.3 Å². The van der Waals surface area contributed by atoms with Crippen molar-refractivity contribution in [3.63, 3.8) is 0 Å². The Morgan fingerprint density at radius 2 is 1.59 bits per heavy atom. The number of aromatic nitrogens is 2. The molecule has 0 radical (unpaired) electrons. The maximum Gasteiger partial charge on any atom is 0.263 e. The highest BCUT2D eigenvalue weighted by Crippen LogP contribution is 2.30.